The fraction of sp³-hybridized carbons (Fsp3) is 0.423. The SMILES string of the molecule is O=C(CCc1ccc(S(=O)(=O)N2CCCC2)cc1)N1CCN(C/C=C/c2ccccc2)CC1. The number of rotatable bonds is 8. The Labute approximate surface area is 197 Å². The number of piperazine rings is 1. The molecular formula is C26H33N3O3S. The third kappa shape index (κ3) is 6.31. The van der Waals surface area contributed by atoms with Crippen molar-refractivity contribution in [2.24, 2.45) is 0 Å². The van der Waals surface area contributed by atoms with Crippen molar-refractivity contribution in [2.75, 3.05) is 45.8 Å². The predicted octanol–water partition coefficient (Wildman–Crippen LogP) is 3.26. The van der Waals surface area contributed by atoms with Gasteiger partial charge >= 0.3 is 0 Å². The van der Waals surface area contributed by atoms with Crippen LogP contribution in [0.25, 0.3) is 6.08 Å². The molecule has 2 aromatic carbocycles. The number of nitrogens with zero attached hydrogens (tertiary/aromatic N) is 3. The van der Waals surface area contributed by atoms with Gasteiger partial charge in [0.1, 0.15) is 0 Å². The fourth-order valence-corrected chi connectivity index (χ4v) is 5.91. The summed E-state index contributed by atoms with van der Waals surface area (Å²) in [6.07, 6.45) is 7.25. The minimum Gasteiger partial charge on any atom is -0.340 e. The van der Waals surface area contributed by atoms with Crippen LogP contribution in [-0.2, 0) is 21.2 Å². The van der Waals surface area contributed by atoms with Crippen molar-refractivity contribution < 1.29 is 13.2 Å². The van der Waals surface area contributed by atoms with Gasteiger partial charge in [-0.3, -0.25) is 9.69 Å². The van der Waals surface area contributed by atoms with Crippen LogP contribution in [0.15, 0.2) is 65.6 Å². The van der Waals surface area contributed by atoms with Gasteiger partial charge in [-0.25, -0.2) is 8.42 Å². The molecule has 2 fully saturated rings. The predicted molar refractivity (Wildman–Crippen MR) is 131 cm³/mol. The lowest BCUT2D eigenvalue weighted by atomic mass is 10.1. The summed E-state index contributed by atoms with van der Waals surface area (Å²) in [5.74, 6) is 0.170. The highest BCUT2D eigenvalue weighted by Crippen LogP contribution is 2.21. The summed E-state index contributed by atoms with van der Waals surface area (Å²) >= 11 is 0. The number of hydrogen-bond acceptors (Lipinski definition) is 4. The summed E-state index contributed by atoms with van der Waals surface area (Å²) in [6, 6.07) is 17.3. The van der Waals surface area contributed by atoms with Gasteiger partial charge in [0.15, 0.2) is 0 Å². The molecule has 176 valence electrons. The summed E-state index contributed by atoms with van der Waals surface area (Å²) in [4.78, 5) is 17.3. The van der Waals surface area contributed by atoms with Crippen molar-refractivity contribution in [2.45, 2.75) is 30.6 Å². The fourth-order valence-electron chi connectivity index (χ4n) is 4.40. The molecule has 0 N–H and O–H groups in total. The van der Waals surface area contributed by atoms with E-state index in [2.05, 4.69) is 29.2 Å². The molecule has 0 aliphatic carbocycles. The van der Waals surface area contributed by atoms with E-state index in [1.807, 2.05) is 35.2 Å². The molecule has 2 aromatic rings. The van der Waals surface area contributed by atoms with Crippen LogP contribution >= 0.6 is 0 Å². The quantitative estimate of drug-likeness (QED) is 0.598. The third-order valence-corrected chi connectivity index (χ3v) is 8.37. The van der Waals surface area contributed by atoms with E-state index in [0.717, 1.165) is 51.1 Å². The van der Waals surface area contributed by atoms with E-state index in [-0.39, 0.29) is 5.91 Å². The lowest BCUT2D eigenvalue weighted by molar-refractivity contribution is -0.132. The van der Waals surface area contributed by atoms with Crippen molar-refractivity contribution in [3.05, 3.63) is 71.8 Å². The van der Waals surface area contributed by atoms with E-state index in [0.29, 0.717) is 30.8 Å². The Morgan fingerprint density at radius 1 is 0.848 bits per heavy atom. The van der Waals surface area contributed by atoms with Crippen LogP contribution in [0.1, 0.15) is 30.4 Å². The maximum Gasteiger partial charge on any atom is 0.243 e. The van der Waals surface area contributed by atoms with Gasteiger partial charge < -0.3 is 4.90 Å². The number of amides is 1. The van der Waals surface area contributed by atoms with Gasteiger partial charge in [-0.05, 0) is 42.5 Å². The Kier molecular flexibility index (Phi) is 7.96. The molecule has 0 radical (unpaired) electrons. The first kappa shape index (κ1) is 23.7. The van der Waals surface area contributed by atoms with Crippen molar-refractivity contribution in [1.29, 1.82) is 0 Å². The van der Waals surface area contributed by atoms with E-state index >= 15 is 0 Å². The van der Waals surface area contributed by atoms with E-state index in [9.17, 15) is 13.2 Å². The highest BCUT2D eigenvalue weighted by atomic mass is 32.2. The zero-order chi connectivity index (χ0) is 23.1. The largest absolute Gasteiger partial charge is 0.340 e. The average molecular weight is 468 g/mol. The molecule has 0 atom stereocenters. The molecule has 2 saturated heterocycles. The number of hydrogen-bond donors (Lipinski definition) is 0. The first-order chi connectivity index (χ1) is 16.0. The summed E-state index contributed by atoms with van der Waals surface area (Å²) < 4.78 is 26.8. The van der Waals surface area contributed by atoms with Crippen LogP contribution < -0.4 is 0 Å². The van der Waals surface area contributed by atoms with Crippen LogP contribution in [0.3, 0.4) is 0 Å². The van der Waals surface area contributed by atoms with Crippen molar-refractivity contribution in [3.63, 3.8) is 0 Å². The van der Waals surface area contributed by atoms with Gasteiger partial charge in [-0.15, -0.1) is 0 Å². The number of carbonyl (C=O) groups excluding carboxylic acids is 1. The van der Waals surface area contributed by atoms with Gasteiger partial charge in [0.05, 0.1) is 4.90 Å². The van der Waals surface area contributed by atoms with Gasteiger partial charge in [0.2, 0.25) is 15.9 Å². The van der Waals surface area contributed by atoms with Crippen LogP contribution in [0.2, 0.25) is 0 Å². The molecule has 6 nitrogen and oxygen atoms in total. The molecule has 1 amide bonds. The normalized spacial score (nSPS) is 18.2. The average Bonchev–Trinajstić information content (AvgIpc) is 3.40. The monoisotopic (exact) mass is 467 g/mol. The second kappa shape index (κ2) is 11.1. The number of benzene rings is 2. The topological polar surface area (TPSA) is 60.9 Å². The summed E-state index contributed by atoms with van der Waals surface area (Å²) in [5.41, 5.74) is 2.20. The molecule has 7 heteroatoms. The number of carbonyl (C=O) groups is 1. The van der Waals surface area contributed by atoms with E-state index in [1.54, 1.807) is 16.4 Å². The van der Waals surface area contributed by atoms with Gasteiger partial charge in [0.25, 0.3) is 0 Å². The second-order valence-electron chi connectivity index (χ2n) is 8.75. The Morgan fingerprint density at radius 2 is 1.52 bits per heavy atom. The summed E-state index contributed by atoms with van der Waals surface area (Å²) in [7, 11) is -3.38. The molecule has 2 heterocycles. The Bertz CT molecular complexity index is 1040. The number of aryl methyl sites for hydroxylation is 1. The summed E-state index contributed by atoms with van der Waals surface area (Å²) in [5, 5.41) is 0. The molecule has 33 heavy (non-hydrogen) atoms. The Morgan fingerprint density at radius 3 is 2.18 bits per heavy atom. The molecule has 0 spiro atoms. The second-order valence-corrected chi connectivity index (χ2v) is 10.7. The Hall–Kier alpha value is -2.48. The van der Waals surface area contributed by atoms with Crippen molar-refractivity contribution in [1.82, 2.24) is 14.1 Å². The Balaban J connectivity index is 1.20. The lowest BCUT2D eigenvalue weighted by Crippen LogP contribution is -2.48. The maximum absolute atomic E-state index is 12.7. The van der Waals surface area contributed by atoms with Crippen LogP contribution in [-0.4, -0.2) is 74.2 Å². The van der Waals surface area contributed by atoms with E-state index < -0.39 is 10.0 Å². The van der Waals surface area contributed by atoms with E-state index in [4.69, 9.17) is 0 Å². The van der Waals surface area contributed by atoms with Gasteiger partial charge in [-0.1, -0.05) is 54.6 Å². The highest BCUT2D eigenvalue weighted by molar-refractivity contribution is 7.89. The maximum atomic E-state index is 12.7. The first-order valence-corrected chi connectivity index (χ1v) is 13.3. The van der Waals surface area contributed by atoms with Crippen LogP contribution in [0, 0.1) is 0 Å². The third-order valence-electron chi connectivity index (χ3n) is 6.45. The minimum absolute atomic E-state index is 0.170. The van der Waals surface area contributed by atoms with Crippen molar-refractivity contribution >= 4 is 22.0 Å². The molecule has 2 aliphatic rings. The lowest BCUT2D eigenvalue weighted by Gasteiger charge is -2.34. The first-order valence-electron chi connectivity index (χ1n) is 11.8. The molecule has 0 bridgehead atoms. The molecular weight excluding hydrogens is 434 g/mol. The zero-order valence-corrected chi connectivity index (χ0v) is 19.9. The molecule has 2 aliphatic heterocycles. The van der Waals surface area contributed by atoms with Gasteiger partial charge in [-0.2, -0.15) is 4.31 Å². The zero-order valence-electron chi connectivity index (χ0n) is 19.1. The van der Waals surface area contributed by atoms with E-state index in [1.165, 1.54) is 5.56 Å². The van der Waals surface area contributed by atoms with Gasteiger partial charge in [0, 0.05) is 52.2 Å². The highest BCUT2D eigenvalue weighted by Gasteiger charge is 2.27. The van der Waals surface area contributed by atoms with Crippen LogP contribution in [0.5, 0.6) is 0 Å². The number of sulfonamides is 1. The molecule has 0 saturated carbocycles. The van der Waals surface area contributed by atoms with Crippen LogP contribution in [0.4, 0.5) is 0 Å². The van der Waals surface area contributed by atoms with Crippen molar-refractivity contribution in [3.8, 4) is 0 Å². The molecule has 0 unspecified atom stereocenters. The minimum atomic E-state index is -3.38. The smallest absolute Gasteiger partial charge is 0.243 e. The molecule has 4 rings (SSSR count). The summed E-state index contributed by atoms with van der Waals surface area (Å²) in [6.45, 7) is 5.38. The standard InChI is InChI=1S/C26H33N3O3S/c30-26(28-21-19-27(20-22-28)16-6-9-23-7-2-1-3-8-23)15-12-24-10-13-25(14-11-24)33(31,32)29-17-4-5-18-29/h1-3,6-11,13-14H,4-5,12,15-22H2/b9-6+. The molecule has 0 aromatic heterocycles.